The van der Waals surface area contributed by atoms with Gasteiger partial charge in [0.25, 0.3) is 11.5 Å². The molecule has 7 heteroatoms. The van der Waals surface area contributed by atoms with Gasteiger partial charge in [-0.15, -0.1) is 0 Å². The van der Waals surface area contributed by atoms with Crippen LogP contribution in [0, 0.1) is 5.92 Å². The first-order valence-corrected chi connectivity index (χ1v) is 12.3. The molecular formula is C28H26ClN3O3. The summed E-state index contributed by atoms with van der Waals surface area (Å²) in [5.41, 5.74) is 4.38. The lowest BCUT2D eigenvalue weighted by Crippen LogP contribution is -2.50. The van der Waals surface area contributed by atoms with Crippen LogP contribution in [-0.4, -0.2) is 42.2 Å². The smallest absolute Gasteiger partial charge is 0.260 e. The molecule has 3 aliphatic rings. The average Bonchev–Trinajstić information content (AvgIpc) is 3.10. The van der Waals surface area contributed by atoms with Gasteiger partial charge in [-0.25, -0.2) is 0 Å². The summed E-state index contributed by atoms with van der Waals surface area (Å²) in [4.78, 5) is 30.3. The molecular weight excluding hydrogens is 462 g/mol. The van der Waals surface area contributed by atoms with E-state index < -0.39 is 0 Å². The Morgan fingerprint density at radius 3 is 2.74 bits per heavy atom. The van der Waals surface area contributed by atoms with Crippen molar-refractivity contribution in [1.82, 2.24) is 9.47 Å². The number of piperidine rings is 1. The molecule has 4 heterocycles. The Bertz CT molecular complexity index is 1410. The number of aromatic nitrogens is 1. The third kappa shape index (κ3) is 3.87. The standard InChI is InChI=1S/C28H26ClN3O3/c1-35-26-7-3-2-5-19(26)12-23-22-10-9-21(29)13-25(22)32(28(23)34)17-30-14-18-11-20(16-30)24-6-4-8-27(33)31(24)15-18/h2-10,12-13,18,20H,11,14-17H2,1H3/b23-12-/t18-,20-/m0/s1. The number of benzene rings is 2. The molecule has 3 aliphatic heterocycles. The predicted octanol–water partition coefficient (Wildman–Crippen LogP) is 4.47. The second-order valence-electron chi connectivity index (χ2n) is 9.57. The van der Waals surface area contributed by atoms with Crippen molar-refractivity contribution >= 4 is 34.8 Å². The first-order valence-electron chi connectivity index (χ1n) is 11.9. The van der Waals surface area contributed by atoms with Crippen LogP contribution in [0.15, 0.2) is 65.5 Å². The predicted molar refractivity (Wildman–Crippen MR) is 138 cm³/mol. The Morgan fingerprint density at radius 1 is 1.03 bits per heavy atom. The van der Waals surface area contributed by atoms with Crippen molar-refractivity contribution in [2.75, 3.05) is 31.8 Å². The SMILES string of the molecule is COc1ccccc1/C=C1\C(=O)N(CN2C[C@@H]3C[C@@H](C2)c2cccc(=O)n2C3)c2cc(Cl)ccc21. The maximum atomic E-state index is 13.7. The minimum atomic E-state index is -0.0412. The Morgan fingerprint density at radius 2 is 1.89 bits per heavy atom. The lowest BCUT2D eigenvalue weighted by Gasteiger charge is -2.43. The van der Waals surface area contributed by atoms with E-state index >= 15 is 0 Å². The van der Waals surface area contributed by atoms with Crippen molar-refractivity contribution in [3.05, 3.63) is 92.9 Å². The van der Waals surface area contributed by atoms with Crippen LogP contribution in [0.25, 0.3) is 11.6 Å². The number of nitrogens with zero attached hydrogens (tertiary/aromatic N) is 3. The van der Waals surface area contributed by atoms with E-state index in [0.717, 1.165) is 54.3 Å². The van der Waals surface area contributed by atoms with Gasteiger partial charge in [-0.3, -0.25) is 19.4 Å². The van der Waals surface area contributed by atoms with Crippen molar-refractivity contribution in [1.29, 1.82) is 0 Å². The summed E-state index contributed by atoms with van der Waals surface area (Å²) in [6.45, 7) is 2.88. The lowest BCUT2D eigenvalue weighted by atomic mass is 9.83. The molecule has 0 spiro atoms. The molecule has 1 fully saturated rings. The number of hydrogen-bond donors (Lipinski definition) is 0. The Labute approximate surface area is 209 Å². The van der Waals surface area contributed by atoms with Crippen LogP contribution < -0.4 is 15.2 Å². The minimum absolute atomic E-state index is 0.0412. The fourth-order valence-corrected chi connectivity index (χ4v) is 6.02. The largest absolute Gasteiger partial charge is 0.496 e. The fourth-order valence-electron chi connectivity index (χ4n) is 5.86. The maximum Gasteiger partial charge on any atom is 0.260 e. The number of rotatable bonds is 4. The Hall–Kier alpha value is -3.35. The summed E-state index contributed by atoms with van der Waals surface area (Å²) >= 11 is 6.36. The summed E-state index contributed by atoms with van der Waals surface area (Å²) in [6, 6.07) is 18.9. The molecule has 0 radical (unpaired) electrons. The summed E-state index contributed by atoms with van der Waals surface area (Å²) in [5.74, 6) is 1.36. The van der Waals surface area contributed by atoms with Crippen LogP contribution in [0.4, 0.5) is 5.69 Å². The Kier molecular flexibility index (Phi) is 5.50. The molecule has 1 saturated heterocycles. The van der Waals surface area contributed by atoms with Crippen LogP contribution in [0.1, 0.15) is 29.2 Å². The van der Waals surface area contributed by atoms with Crippen molar-refractivity contribution in [2.24, 2.45) is 5.92 Å². The summed E-state index contributed by atoms with van der Waals surface area (Å²) in [7, 11) is 1.63. The van der Waals surface area contributed by atoms with Crippen molar-refractivity contribution in [2.45, 2.75) is 18.9 Å². The van der Waals surface area contributed by atoms with E-state index in [1.807, 2.05) is 64.1 Å². The number of para-hydroxylation sites is 1. The van der Waals surface area contributed by atoms with Gasteiger partial charge in [0.1, 0.15) is 5.75 Å². The number of hydrogen-bond acceptors (Lipinski definition) is 4. The number of likely N-dealkylation sites (tertiary alicyclic amines) is 1. The monoisotopic (exact) mass is 487 g/mol. The van der Waals surface area contributed by atoms with Gasteiger partial charge in [-0.05, 0) is 42.7 Å². The molecule has 6 nitrogen and oxygen atoms in total. The van der Waals surface area contributed by atoms with Gasteiger partial charge < -0.3 is 9.30 Å². The highest BCUT2D eigenvalue weighted by molar-refractivity contribution is 6.37. The molecule has 0 unspecified atom stereocenters. The lowest BCUT2D eigenvalue weighted by molar-refractivity contribution is -0.113. The van der Waals surface area contributed by atoms with E-state index in [4.69, 9.17) is 16.3 Å². The third-order valence-electron chi connectivity index (χ3n) is 7.35. The molecule has 0 N–H and O–H groups in total. The number of amides is 1. The number of anilines is 1. The number of halogens is 1. The molecule has 2 bridgehead atoms. The molecule has 1 amide bonds. The van der Waals surface area contributed by atoms with Crippen molar-refractivity contribution in [3.63, 3.8) is 0 Å². The minimum Gasteiger partial charge on any atom is -0.496 e. The van der Waals surface area contributed by atoms with Crippen LogP contribution in [0.3, 0.4) is 0 Å². The summed E-state index contributed by atoms with van der Waals surface area (Å²) in [5, 5.41) is 0.601. The van der Waals surface area contributed by atoms with Crippen LogP contribution in [-0.2, 0) is 11.3 Å². The van der Waals surface area contributed by atoms with E-state index in [1.165, 1.54) is 0 Å². The first kappa shape index (κ1) is 22.1. The van der Waals surface area contributed by atoms with Crippen molar-refractivity contribution < 1.29 is 9.53 Å². The Balaban J connectivity index is 1.32. The van der Waals surface area contributed by atoms with E-state index in [2.05, 4.69) is 11.0 Å². The van der Waals surface area contributed by atoms with E-state index in [9.17, 15) is 9.59 Å². The average molecular weight is 488 g/mol. The molecule has 3 aromatic rings. The normalized spacial score (nSPS) is 22.3. The molecule has 2 atom stereocenters. The van der Waals surface area contributed by atoms with Gasteiger partial charge in [0.15, 0.2) is 0 Å². The van der Waals surface area contributed by atoms with E-state index in [1.54, 1.807) is 13.2 Å². The second-order valence-corrected chi connectivity index (χ2v) is 10.0. The highest BCUT2D eigenvalue weighted by atomic mass is 35.5. The van der Waals surface area contributed by atoms with Gasteiger partial charge in [0, 0.05) is 59.0 Å². The summed E-state index contributed by atoms with van der Waals surface area (Å²) < 4.78 is 7.43. The fraction of sp³-hybridized carbons (Fsp3) is 0.286. The third-order valence-corrected chi connectivity index (χ3v) is 7.59. The molecule has 2 aromatic carbocycles. The number of methoxy groups -OCH3 is 1. The number of fused-ring (bicyclic) bond motifs is 5. The van der Waals surface area contributed by atoms with Gasteiger partial charge in [0.2, 0.25) is 0 Å². The zero-order valence-electron chi connectivity index (χ0n) is 19.5. The number of ether oxygens (including phenoxy) is 1. The molecule has 0 saturated carbocycles. The summed E-state index contributed by atoms with van der Waals surface area (Å²) in [6.07, 6.45) is 2.98. The zero-order valence-corrected chi connectivity index (χ0v) is 20.2. The number of carbonyl (C=O) groups is 1. The van der Waals surface area contributed by atoms with Crippen molar-refractivity contribution in [3.8, 4) is 5.75 Å². The molecule has 1 aromatic heterocycles. The number of pyridine rings is 1. The molecule has 6 rings (SSSR count). The van der Waals surface area contributed by atoms with Gasteiger partial charge in [-0.2, -0.15) is 0 Å². The van der Waals surface area contributed by atoms with E-state index in [0.29, 0.717) is 23.2 Å². The quantitative estimate of drug-likeness (QED) is 0.509. The van der Waals surface area contributed by atoms with Crippen LogP contribution in [0.5, 0.6) is 5.75 Å². The van der Waals surface area contributed by atoms with Gasteiger partial charge >= 0.3 is 0 Å². The maximum absolute atomic E-state index is 13.7. The van der Waals surface area contributed by atoms with Gasteiger partial charge in [-0.1, -0.05) is 41.9 Å². The van der Waals surface area contributed by atoms with Gasteiger partial charge in [0.05, 0.1) is 19.5 Å². The first-order chi connectivity index (χ1) is 17.0. The molecule has 35 heavy (non-hydrogen) atoms. The molecule has 0 aliphatic carbocycles. The van der Waals surface area contributed by atoms with Crippen LogP contribution in [0.2, 0.25) is 5.02 Å². The molecule has 178 valence electrons. The zero-order chi connectivity index (χ0) is 24.1. The highest BCUT2D eigenvalue weighted by Gasteiger charge is 2.38. The van der Waals surface area contributed by atoms with E-state index in [-0.39, 0.29) is 17.4 Å². The number of carbonyl (C=O) groups excluding carboxylic acids is 1. The highest BCUT2D eigenvalue weighted by Crippen LogP contribution is 2.41. The topological polar surface area (TPSA) is 54.8 Å². The van der Waals surface area contributed by atoms with Crippen LogP contribution >= 0.6 is 11.6 Å². The second kappa shape index (κ2) is 8.70.